The fourth-order valence-electron chi connectivity index (χ4n) is 2.15. The molecule has 1 saturated heterocycles. The highest BCUT2D eigenvalue weighted by atomic mass is 32.2. The van der Waals surface area contributed by atoms with E-state index in [2.05, 4.69) is 10.1 Å². The molecular formula is C13H16N6O9S2. The number of nitrogen functional groups attached to an aromatic ring is 1. The highest BCUT2D eigenvalue weighted by molar-refractivity contribution is 7.84. The number of primary amides is 1. The molecule has 0 saturated carbocycles. The zero-order chi connectivity index (χ0) is 23.0. The van der Waals surface area contributed by atoms with Crippen molar-refractivity contribution in [1.29, 1.82) is 0 Å². The Morgan fingerprint density at radius 2 is 2.00 bits per heavy atom. The van der Waals surface area contributed by atoms with Gasteiger partial charge in [0.1, 0.15) is 11.7 Å². The molecule has 0 aromatic carbocycles. The Kier molecular flexibility index (Phi) is 6.00. The lowest BCUT2D eigenvalue weighted by Crippen LogP contribution is -2.75. The number of aliphatic carboxylic acids is 1. The number of oxime groups is 1. The molecule has 0 spiro atoms. The number of nitrogens with zero attached hydrogens (tertiary/aromatic N) is 3. The predicted octanol–water partition coefficient (Wildman–Crippen LogP) is -2.71. The van der Waals surface area contributed by atoms with E-state index in [9.17, 15) is 27.6 Å². The number of hydrogen-bond donors (Lipinski definition) is 5. The molecule has 2 atom stereocenters. The summed E-state index contributed by atoms with van der Waals surface area (Å²) in [6, 6.07) is -3.64. The van der Waals surface area contributed by atoms with Crippen LogP contribution < -0.4 is 16.8 Å². The maximum Gasteiger partial charge on any atom is 0.363 e. The first-order valence-corrected chi connectivity index (χ1v) is 10.1. The number of aromatic nitrogens is 1. The second-order valence-corrected chi connectivity index (χ2v) is 8.51. The van der Waals surface area contributed by atoms with Crippen LogP contribution >= 0.6 is 11.3 Å². The standard InChI is InChI=1S/C13H16N6O9S2/c1-13(2,11(23)24)28-18-5(4-3-29-12(15)16-4)9(21)17-6-7(8(14)20)19(10(6)22)30(25,26)27/h3,6-7H,1-2H3,(H2,14,20)(H2,15,16)(H,17,21)(H,23,24)(H,25,26,27)/b18-5+/t6-,7-/m0/s1. The third-order valence-electron chi connectivity index (χ3n) is 3.74. The summed E-state index contributed by atoms with van der Waals surface area (Å²) in [5.41, 5.74) is 7.94. The van der Waals surface area contributed by atoms with Crippen LogP contribution in [0.2, 0.25) is 0 Å². The maximum absolute atomic E-state index is 12.6. The number of carbonyl (C=O) groups is 4. The smallest absolute Gasteiger partial charge is 0.363 e. The molecule has 1 fully saturated rings. The van der Waals surface area contributed by atoms with Gasteiger partial charge in [0, 0.05) is 5.38 Å². The zero-order valence-electron chi connectivity index (χ0n) is 15.3. The van der Waals surface area contributed by atoms with Crippen molar-refractivity contribution in [2.45, 2.75) is 31.5 Å². The Morgan fingerprint density at radius 3 is 2.43 bits per heavy atom. The highest BCUT2D eigenvalue weighted by Crippen LogP contribution is 2.24. The van der Waals surface area contributed by atoms with Crippen LogP contribution in [0.25, 0.3) is 0 Å². The van der Waals surface area contributed by atoms with Crippen LogP contribution in [0.4, 0.5) is 5.13 Å². The third kappa shape index (κ3) is 4.47. The summed E-state index contributed by atoms with van der Waals surface area (Å²) in [5.74, 6) is -5.24. The van der Waals surface area contributed by atoms with Crippen molar-refractivity contribution in [3.8, 4) is 0 Å². The fraction of sp³-hybridized carbons (Fsp3) is 0.385. The van der Waals surface area contributed by atoms with Crippen LogP contribution in [0.5, 0.6) is 0 Å². The summed E-state index contributed by atoms with van der Waals surface area (Å²) in [6.07, 6.45) is 0. The average Bonchev–Trinajstić information content (AvgIpc) is 3.01. The monoisotopic (exact) mass is 464 g/mol. The van der Waals surface area contributed by atoms with Gasteiger partial charge in [0.15, 0.2) is 16.9 Å². The van der Waals surface area contributed by atoms with Crippen molar-refractivity contribution in [2.24, 2.45) is 10.9 Å². The number of carboxylic acids is 1. The first kappa shape index (κ1) is 23.0. The summed E-state index contributed by atoms with van der Waals surface area (Å²) < 4.78 is 31.3. The van der Waals surface area contributed by atoms with Crippen molar-refractivity contribution in [1.82, 2.24) is 14.6 Å². The largest absolute Gasteiger partial charge is 0.478 e. The molecule has 7 N–H and O–H groups in total. The molecule has 2 rings (SSSR count). The van der Waals surface area contributed by atoms with E-state index in [1.165, 1.54) is 5.38 Å². The van der Waals surface area contributed by atoms with Gasteiger partial charge in [-0.15, -0.1) is 11.3 Å². The molecule has 0 radical (unpaired) electrons. The van der Waals surface area contributed by atoms with E-state index in [1.807, 2.05) is 5.32 Å². The Bertz CT molecular complexity index is 1050. The number of rotatable bonds is 8. The summed E-state index contributed by atoms with van der Waals surface area (Å²) >= 11 is 0.910. The van der Waals surface area contributed by atoms with Crippen LogP contribution in [0.1, 0.15) is 19.5 Å². The van der Waals surface area contributed by atoms with Crippen LogP contribution in [-0.4, -0.2) is 74.5 Å². The van der Waals surface area contributed by atoms with Gasteiger partial charge >= 0.3 is 16.3 Å². The molecule has 0 bridgehead atoms. The van der Waals surface area contributed by atoms with E-state index < -0.39 is 57.4 Å². The zero-order valence-corrected chi connectivity index (χ0v) is 16.9. The van der Waals surface area contributed by atoms with E-state index >= 15 is 0 Å². The highest BCUT2D eigenvalue weighted by Gasteiger charge is 2.57. The molecule has 1 aromatic rings. The van der Waals surface area contributed by atoms with Crippen LogP contribution in [0, 0.1) is 0 Å². The lowest BCUT2D eigenvalue weighted by Gasteiger charge is -2.41. The Balaban J connectivity index is 2.34. The maximum atomic E-state index is 12.6. The molecule has 0 aliphatic carbocycles. The molecule has 17 heteroatoms. The minimum absolute atomic E-state index is 0.0234. The van der Waals surface area contributed by atoms with Crippen LogP contribution in [0.15, 0.2) is 10.5 Å². The van der Waals surface area contributed by atoms with Gasteiger partial charge in [-0.25, -0.2) is 9.78 Å². The van der Waals surface area contributed by atoms with Gasteiger partial charge in [0.25, 0.3) is 11.8 Å². The molecule has 0 unspecified atom stereocenters. The van der Waals surface area contributed by atoms with Crippen molar-refractivity contribution < 1.29 is 42.1 Å². The Morgan fingerprint density at radius 1 is 1.40 bits per heavy atom. The van der Waals surface area contributed by atoms with Gasteiger partial charge in [-0.05, 0) is 13.8 Å². The molecule has 164 valence electrons. The molecule has 1 aliphatic heterocycles. The second-order valence-electron chi connectivity index (χ2n) is 6.33. The minimum atomic E-state index is -5.10. The van der Waals surface area contributed by atoms with E-state index in [4.69, 9.17) is 26.0 Å². The van der Waals surface area contributed by atoms with E-state index in [0.717, 1.165) is 25.2 Å². The number of carbonyl (C=O) groups excluding carboxylic acids is 3. The summed E-state index contributed by atoms with van der Waals surface area (Å²) in [4.78, 5) is 56.0. The van der Waals surface area contributed by atoms with Crippen molar-refractivity contribution in [3.05, 3.63) is 11.1 Å². The molecule has 2 heterocycles. The number of hydrogen-bond acceptors (Lipinski definition) is 11. The van der Waals surface area contributed by atoms with Gasteiger partial charge in [-0.3, -0.25) is 18.9 Å². The summed E-state index contributed by atoms with van der Waals surface area (Å²) in [7, 11) is -5.10. The van der Waals surface area contributed by atoms with Crippen LogP contribution in [-0.2, 0) is 34.3 Å². The van der Waals surface area contributed by atoms with Crippen LogP contribution in [0.3, 0.4) is 0 Å². The number of β-lactam (4-membered cyclic amide) rings is 1. The van der Waals surface area contributed by atoms with E-state index in [-0.39, 0.29) is 15.1 Å². The van der Waals surface area contributed by atoms with Gasteiger partial charge < -0.3 is 26.7 Å². The minimum Gasteiger partial charge on any atom is -0.478 e. The number of nitrogens with two attached hydrogens (primary N) is 2. The number of amides is 3. The fourth-order valence-corrected chi connectivity index (χ4v) is 3.55. The van der Waals surface area contributed by atoms with Gasteiger partial charge in [0.05, 0.1) is 0 Å². The lowest BCUT2D eigenvalue weighted by molar-refractivity contribution is -0.161. The predicted molar refractivity (Wildman–Crippen MR) is 99.2 cm³/mol. The van der Waals surface area contributed by atoms with Crippen molar-refractivity contribution in [2.75, 3.05) is 5.73 Å². The molecule has 15 nitrogen and oxygen atoms in total. The molecule has 30 heavy (non-hydrogen) atoms. The van der Waals surface area contributed by atoms with E-state index in [1.54, 1.807) is 0 Å². The van der Waals surface area contributed by atoms with Gasteiger partial charge in [-0.1, -0.05) is 5.16 Å². The normalized spacial score (nSPS) is 19.8. The molecule has 1 aliphatic rings. The number of carboxylic acid groups (broad SMARTS) is 1. The molecular weight excluding hydrogens is 448 g/mol. The summed E-state index contributed by atoms with van der Waals surface area (Å²) in [6.45, 7) is 2.29. The van der Waals surface area contributed by atoms with Crippen molar-refractivity contribution >= 4 is 56.2 Å². The van der Waals surface area contributed by atoms with Gasteiger partial charge in [0.2, 0.25) is 11.5 Å². The van der Waals surface area contributed by atoms with E-state index in [0.29, 0.717) is 0 Å². The first-order valence-electron chi connectivity index (χ1n) is 7.78. The topological polar surface area (TPSA) is 245 Å². The summed E-state index contributed by atoms with van der Waals surface area (Å²) in [5, 5.41) is 15.9. The number of anilines is 1. The molecule has 3 amide bonds. The third-order valence-corrected chi connectivity index (χ3v) is 5.32. The molecule has 1 aromatic heterocycles. The first-order chi connectivity index (χ1) is 13.7. The Hall–Kier alpha value is -3.31. The van der Waals surface area contributed by atoms with Crippen molar-refractivity contribution in [3.63, 3.8) is 0 Å². The number of thiazole rings is 1. The Labute approximate surface area is 172 Å². The average molecular weight is 464 g/mol. The second kappa shape index (κ2) is 7.84. The SMILES string of the molecule is CC(C)(O/N=C(/C(=O)N[C@@H]1C(=O)N(S(=O)(=O)O)[C@@H]1C(N)=O)c1csc(N)n1)C(=O)O. The van der Waals surface area contributed by atoms with Gasteiger partial charge in [-0.2, -0.15) is 12.7 Å². The lowest BCUT2D eigenvalue weighted by atomic mass is 9.98. The quantitative estimate of drug-likeness (QED) is 0.114. The number of nitrogens with one attached hydrogen (secondary N) is 1.